The number of thiol groups is 1. The fourth-order valence-corrected chi connectivity index (χ4v) is 7.62. The lowest BCUT2D eigenvalue weighted by Gasteiger charge is -2.63. The summed E-state index contributed by atoms with van der Waals surface area (Å²) in [5.41, 5.74) is -5.64. The first-order valence-electron chi connectivity index (χ1n) is 9.79. The smallest absolute Gasteiger partial charge is 0.218 e. The molecule has 4 aliphatic carbocycles. The Labute approximate surface area is 164 Å². The van der Waals surface area contributed by atoms with Gasteiger partial charge in [0, 0.05) is 16.7 Å². The minimum absolute atomic E-state index is 0.0351. The molecule has 0 radical (unpaired) electrons. The highest BCUT2D eigenvalue weighted by Gasteiger charge is 2.76. The van der Waals surface area contributed by atoms with Gasteiger partial charge in [-0.05, 0) is 50.0 Å². The lowest BCUT2D eigenvalue weighted by Crippen LogP contribution is -2.70. The molecule has 0 aromatic carbocycles. The predicted octanol–water partition coefficient (Wildman–Crippen LogP) is 3.56. The molecule has 0 bridgehead atoms. The van der Waals surface area contributed by atoms with E-state index in [0.29, 0.717) is 18.4 Å². The summed E-state index contributed by atoms with van der Waals surface area (Å²) in [5, 5.41) is 21.7. The van der Waals surface area contributed by atoms with Crippen molar-refractivity contribution in [2.75, 3.05) is 0 Å². The number of hydrogen-bond donors (Lipinski definition) is 3. The summed E-state index contributed by atoms with van der Waals surface area (Å²) >= 11 is 3.93. The molecule has 3 saturated carbocycles. The van der Waals surface area contributed by atoms with E-state index in [4.69, 9.17) is 0 Å². The van der Waals surface area contributed by atoms with Crippen molar-refractivity contribution in [1.82, 2.24) is 0 Å². The molecule has 4 rings (SSSR count). The first kappa shape index (κ1) is 19.6. The van der Waals surface area contributed by atoms with Crippen LogP contribution in [0.4, 0.5) is 8.78 Å². The molecular formula is C21H28F2O3S. The molecular weight excluding hydrogens is 370 g/mol. The summed E-state index contributed by atoms with van der Waals surface area (Å²) in [7, 11) is 0. The lowest BCUT2D eigenvalue weighted by molar-refractivity contribution is -0.221. The van der Waals surface area contributed by atoms with Crippen molar-refractivity contribution in [2.24, 2.45) is 28.6 Å². The Morgan fingerprint density at radius 3 is 2.59 bits per heavy atom. The molecule has 2 unspecified atom stereocenters. The van der Waals surface area contributed by atoms with Gasteiger partial charge in [-0.1, -0.05) is 32.1 Å². The summed E-state index contributed by atoms with van der Waals surface area (Å²) in [5.74, 6) is -1.62. The third kappa shape index (κ3) is 2.02. The van der Waals surface area contributed by atoms with E-state index in [9.17, 15) is 15.0 Å². The SMILES string of the molecule is C[C@@H]1CC2C3C[C@H](F)C4=CCC=C[C@]4(C)[C@@]3(F)[C@@H](O)C[C@]2(C)[C@@]1(O)C(=O)S. The molecule has 0 saturated heterocycles. The van der Waals surface area contributed by atoms with Crippen LogP contribution in [0.25, 0.3) is 0 Å². The molecule has 4 aliphatic rings. The monoisotopic (exact) mass is 398 g/mol. The number of halogens is 2. The standard InChI is InChI=1S/C21H28F2O3S/c1-11-8-13-14-9-15(22)12-6-4-5-7-18(12,2)20(14,23)16(24)10-19(13,3)21(11,26)17(25)27/h5-7,11,13-16,24,26H,4,8-10H2,1-3H3,(H,25,27)/t11-,13?,14?,15+,16+,18+,19+,20+,21+/m1/s1. The van der Waals surface area contributed by atoms with Crippen molar-refractivity contribution in [2.45, 2.75) is 70.0 Å². The van der Waals surface area contributed by atoms with Gasteiger partial charge in [-0.25, -0.2) is 8.78 Å². The largest absolute Gasteiger partial charge is 0.390 e. The molecule has 0 aliphatic heterocycles. The van der Waals surface area contributed by atoms with E-state index in [2.05, 4.69) is 12.6 Å². The quantitative estimate of drug-likeness (QED) is 0.468. The van der Waals surface area contributed by atoms with E-state index < -0.39 is 57.2 Å². The predicted molar refractivity (Wildman–Crippen MR) is 102 cm³/mol. The zero-order valence-electron chi connectivity index (χ0n) is 16.0. The van der Waals surface area contributed by atoms with Gasteiger partial charge in [0.25, 0.3) is 0 Å². The topological polar surface area (TPSA) is 57.5 Å². The zero-order valence-corrected chi connectivity index (χ0v) is 16.8. The van der Waals surface area contributed by atoms with Crippen LogP contribution in [0.3, 0.4) is 0 Å². The number of carbonyl (C=O) groups excluding carboxylic acids is 1. The van der Waals surface area contributed by atoms with Gasteiger partial charge in [-0.15, -0.1) is 12.6 Å². The third-order valence-corrected chi connectivity index (χ3v) is 8.92. The zero-order chi connectivity index (χ0) is 20.0. The number of aliphatic hydroxyl groups is 2. The van der Waals surface area contributed by atoms with E-state index in [-0.39, 0.29) is 12.8 Å². The maximum absolute atomic E-state index is 16.8. The van der Waals surface area contributed by atoms with Crippen LogP contribution in [0.1, 0.15) is 46.5 Å². The lowest BCUT2D eigenvalue weighted by atomic mass is 9.44. The van der Waals surface area contributed by atoms with Crippen LogP contribution in [0, 0.1) is 28.6 Å². The second-order valence-corrected chi connectivity index (χ2v) is 9.94. The van der Waals surface area contributed by atoms with Crippen molar-refractivity contribution in [3.8, 4) is 0 Å². The van der Waals surface area contributed by atoms with E-state index in [1.165, 1.54) is 0 Å². The molecule has 0 aromatic rings. The van der Waals surface area contributed by atoms with Gasteiger partial charge < -0.3 is 10.2 Å². The molecule has 3 nitrogen and oxygen atoms in total. The first-order valence-corrected chi connectivity index (χ1v) is 10.2. The van der Waals surface area contributed by atoms with E-state index in [0.717, 1.165) is 0 Å². The van der Waals surface area contributed by atoms with Gasteiger partial charge in [0.1, 0.15) is 11.8 Å². The second kappa shape index (κ2) is 5.67. The summed E-state index contributed by atoms with van der Waals surface area (Å²) < 4.78 is 32.0. The van der Waals surface area contributed by atoms with E-state index in [1.807, 2.05) is 6.08 Å². The highest BCUT2D eigenvalue weighted by atomic mass is 32.1. The third-order valence-electron chi connectivity index (χ3n) is 8.58. The van der Waals surface area contributed by atoms with Crippen molar-refractivity contribution in [1.29, 1.82) is 0 Å². The Balaban J connectivity index is 1.88. The average molecular weight is 399 g/mol. The van der Waals surface area contributed by atoms with Gasteiger partial charge in [0.05, 0.1) is 6.10 Å². The van der Waals surface area contributed by atoms with Gasteiger partial charge >= 0.3 is 0 Å². The number of fused-ring (bicyclic) bond motifs is 5. The van der Waals surface area contributed by atoms with Crippen LogP contribution >= 0.6 is 12.6 Å². The number of alkyl halides is 2. The van der Waals surface area contributed by atoms with E-state index in [1.54, 1.807) is 32.9 Å². The molecule has 3 fully saturated rings. The molecule has 0 aromatic heterocycles. The average Bonchev–Trinajstić information content (AvgIpc) is 2.79. The second-order valence-electron chi connectivity index (χ2n) is 9.53. The Morgan fingerprint density at radius 1 is 1.30 bits per heavy atom. The van der Waals surface area contributed by atoms with Crippen molar-refractivity contribution >= 4 is 17.7 Å². The van der Waals surface area contributed by atoms with E-state index >= 15 is 8.78 Å². The highest BCUT2D eigenvalue weighted by Crippen LogP contribution is 2.71. The number of carbonyl (C=O) groups is 1. The summed E-state index contributed by atoms with van der Waals surface area (Å²) in [6, 6.07) is 0. The van der Waals surface area contributed by atoms with Crippen LogP contribution in [-0.2, 0) is 4.79 Å². The van der Waals surface area contributed by atoms with Gasteiger partial charge in [-0.2, -0.15) is 0 Å². The Bertz CT molecular complexity index is 754. The summed E-state index contributed by atoms with van der Waals surface area (Å²) in [6.07, 6.45) is 3.47. The fraction of sp³-hybridized carbons (Fsp3) is 0.762. The fourth-order valence-electron chi connectivity index (χ4n) is 7.14. The van der Waals surface area contributed by atoms with Crippen molar-refractivity contribution in [3.63, 3.8) is 0 Å². The maximum Gasteiger partial charge on any atom is 0.218 e. The highest BCUT2D eigenvalue weighted by molar-refractivity contribution is 7.96. The molecule has 0 heterocycles. The minimum Gasteiger partial charge on any atom is -0.390 e. The Kier molecular flexibility index (Phi) is 4.11. The first-order chi connectivity index (χ1) is 12.4. The van der Waals surface area contributed by atoms with Crippen molar-refractivity contribution < 1.29 is 23.8 Å². The summed E-state index contributed by atoms with van der Waals surface area (Å²) in [6.45, 7) is 5.16. The number of hydrogen-bond acceptors (Lipinski definition) is 3. The molecule has 9 atom stereocenters. The van der Waals surface area contributed by atoms with Crippen LogP contribution in [0.5, 0.6) is 0 Å². The number of allylic oxidation sites excluding steroid dienone is 4. The minimum atomic E-state index is -2.03. The van der Waals surface area contributed by atoms with Gasteiger partial charge in [0.2, 0.25) is 5.12 Å². The summed E-state index contributed by atoms with van der Waals surface area (Å²) in [4.78, 5) is 12.3. The number of rotatable bonds is 1. The van der Waals surface area contributed by atoms with Crippen LogP contribution in [-0.4, -0.2) is 38.9 Å². The van der Waals surface area contributed by atoms with Crippen LogP contribution in [0.15, 0.2) is 23.8 Å². The Morgan fingerprint density at radius 2 is 1.96 bits per heavy atom. The molecule has 150 valence electrons. The molecule has 0 spiro atoms. The molecule has 0 amide bonds. The molecule has 27 heavy (non-hydrogen) atoms. The normalized spacial score (nSPS) is 56.7. The van der Waals surface area contributed by atoms with Gasteiger partial charge in [0.15, 0.2) is 5.67 Å². The molecule has 2 N–H and O–H groups in total. The van der Waals surface area contributed by atoms with Crippen LogP contribution in [0.2, 0.25) is 0 Å². The van der Waals surface area contributed by atoms with Gasteiger partial charge in [-0.3, -0.25) is 4.79 Å². The molecule has 6 heteroatoms. The maximum atomic E-state index is 16.8. The number of aliphatic hydroxyl groups excluding tert-OH is 1. The van der Waals surface area contributed by atoms with Crippen molar-refractivity contribution in [3.05, 3.63) is 23.8 Å². The Hall–Kier alpha value is -0.720. The van der Waals surface area contributed by atoms with Crippen LogP contribution < -0.4 is 0 Å².